The zero-order valence-corrected chi connectivity index (χ0v) is 19.7. The topological polar surface area (TPSA) is 97.0 Å². The zero-order valence-electron chi connectivity index (χ0n) is 16.6. The van der Waals surface area contributed by atoms with E-state index in [2.05, 4.69) is 5.32 Å². The number of hydrogen-bond donors (Lipinski definition) is 4. The van der Waals surface area contributed by atoms with E-state index in [1.54, 1.807) is 12.1 Å². The Labute approximate surface area is 206 Å². The molecule has 5 N–H and O–H groups in total. The molecule has 0 radical (unpaired) electrons. The molecule has 33 heavy (non-hydrogen) atoms. The van der Waals surface area contributed by atoms with E-state index in [-0.39, 0.29) is 32.9 Å². The Morgan fingerprint density at radius 3 is 2.24 bits per heavy atom. The van der Waals surface area contributed by atoms with Gasteiger partial charge in [-0.3, -0.25) is 0 Å². The molecular formula is C20H18Cl3F3N2O4S. The molecule has 1 aliphatic rings. The molecule has 4 unspecified atom stereocenters. The highest BCUT2D eigenvalue weighted by molar-refractivity contribution is 7.99. The van der Waals surface area contributed by atoms with Crippen molar-refractivity contribution >= 4 is 52.3 Å². The van der Waals surface area contributed by atoms with Crippen molar-refractivity contribution in [2.45, 2.75) is 28.8 Å². The molecule has 1 heterocycles. The maximum Gasteiger partial charge on any atom is 0.194 e. The molecule has 0 aromatic heterocycles. The van der Waals surface area contributed by atoms with Crippen LogP contribution in [-0.4, -0.2) is 47.3 Å². The summed E-state index contributed by atoms with van der Waals surface area (Å²) in [6.07, 6.45) is -1.93. The molecule has 4 atom stereocenters. The van der Waals surface area contributed by atoms with Crippen LogP contribution < -0.4 is 11.1 Å². The third-order valence-electron chi connectivity index (χ3n) is 4.53. The van der Waals surface area contributed by atoms with Gasteiger partial charge in [0.2, 0.25) is 0 Å². The molecule has 0 amide bonds. The molecule has 2 aromatic rings. The Morgan fingerprint density at radius 2 is 1.67 bits per heavy atom. The van der Waals surface area contributed by atoms with Gasteiger partial charge in [0.05, 0.1) is 27.4 Å². The lowest BCUT2D eigenvalue weighted by atomic mass is 10.1. The third kappa shape index (κ3) is 6.40. The lowest BCUT2D eigenvalue weighted by molar-refractivity contribution is -0.270. The summed E-state index contributed by atoms with van der Waals surface area (Å²) in [7, 11) is 0. The number of thioether (sulfide) groups is 1. The van der Waals surface area contributed by atoms with Crippen molar-refractivity contribution in [1.82, 2.24) is 5.32 Å². The highest BCUT2D eigenvalue weighted by Crippen LogP contribution is 2.38. The third-order valence-corrected chi connectivity index (χ3v) is 6.88. The number of benzene rings is 2. The second kappa shape index (κ2) is 11.4. The second-order valence-electron chi connectivity index (χ2n) is 6.87. The Kier molecular flexibility index (Phi) is 9.04. The number of aliphatic hydroxyl groups is 2. The van der Waals surface area contributed by atoms with Gasteiger partial charge in [0.15, 0.2) is 23.7 Å². The summed E-state index contributed by atoms with van der Waals surface area (Å²) < 4.78 is 51.3. The molecule has 0 bridgehead atoms. The molecule has 3 rings (SSSR count). The molecule has 0 saturated carbocycles. The van der Waals surface area contributed by atoms with Gasteiger partial charge in [-0.25, -0.2) is 13.2 Å². The van der Waals surface area contributed by atoms with E-state index >= 15 is 0 Å². The van der Waals surface area contributed by atoms with Crippen molar-refractivity contribution < 1.29 is 32.9 Å². The molecule has 1 saturated heterocycles. The highest BCUT2D eigenvalue weighted by Gasteiger charge is 2.38. The number of aliphatic hydroxyl groups excluding tert-OH is 2. The average Bonchev–Trinajstić information content (AvgIpc) is 2.76. The summed E-state index contributed by atoms with van der Waals surface area (Å²) >= 11 is 19.3. The van der Waals surface area contributed by atoms with Crippen molar-refractivity contribution in [2.75, 3.05) is 13.2 Å². The monoisotopic (exact) mass is 544 g/mol. The van der Waals surface area contributed by atoms with Gasteiger partial charge in [-0.1, -0.05) is 46.6 Å². The lowest BCUT2D eigenvalue weighted by Gasteiger charge is -2.38. The van der Waals surface area contributed by atoms with Crippen LogP contribution in [0.2, 0.25) is 15.1 Å². The van der Waals surface area contributed by atoms with Crippen molar-refractivity contribution in [1.29, 1.82) is 0 Å². The van der Waals surface area contributed by atoms with Crippen molar-refractivity contribution in [3.63, 3.8) is 0 Å². The Morgan fingerprint density at radius 1 is 1.06 bits per heavy atom. The van der Waals surface area contributed by atoms with Crippen molar-refractivity contribution in [3.05, 3.63) is 68.5 Å². The Balaban J connectivity index is 1.74. The summed E-state index contributed by atoms with van der Waals surface area (Å²) in [5.41, 5.74) is 4.94. The van der Waals surface area contributed by atoms with E-state index in [1.807, 2.05) is 0 Å². The van der Waals surface area contributed by atoms with Crippen LogP contribution >= 0.6 is 46.6 Å². The first-order valence-corrected chi connectivity index (χ1v) is 11.4. The predicted molar refractivity (Wildman–Crippen MR) is 120 cm³/mol. The maximum absolute atomic E-state index is 13.4. The predicted octanol–water partition coefficient (Wildman–Crippen LogP) is 4.12. The number of halogens is 6. The van der Waals surface area contributed by atoms with Crippen LogP contribution in [0.4, 0.5) is 13.2 Å². The van der Waals surface area contributed by atoms with Gasteiger partial charge in [0.1, 0.15) is 17.6 Å². The van der Waals surface area contributed by atoms with Crippen molar-refractivity contribution in [3.8, 4) is 0 Å². The van der Waals surface area contributed by atoms with Crippen LogP contribution in [0.25, 0.3) is 5.70 Å². The van der Waals surface area contributed by atoms with Crippen LogP contribution in [0, 0.1) is 17.5 Å². The number of hydrogen-bond acceptors (Lipinski definition) is 7. The molecule has 180 valence electrons. The standard InChI is InChI=1S/C20H18Cl3F3N2O4S/c21-10-3-9(4-11(22)17(10)23)33-20-15(31-19(30)16(7-29)32-20)6-28-5-14(27)8-1-12(24)18(26)13(25)2-8/h1-5,15-16,19-20,28-30H,6-7,27H2/b14-5-. The van der Waals surface area contributed by atoms with E-state index in [1.165, 1.54) is 6.20 Å². The molecule has 2 aromatic carbocycles. The number of nitrogens with two attached hydrogens (primary N) is 1. The normalized spacial score (nSPS) is 23.6. The number of ether oxygens (including phenoxy) is 2. The smallest absolute Gasteiger partial charge is 0.194 e. The average molecular weight is 546 g/mol. The van der Waals surface area contributed by atoms with Gasteiger partial charge in [0.25, 0.3) is 0 Å². The molecule has 0 aliphatic carbocycles. The number of rotatable bonds is 7. The van der Waals surface area contributed by atoms with E-state index < -0.39 is 48.0 Å². The first-order chi connectivity index (χ1) is 15.6. The minimum Gasteiger partial charge on any atom is -0.397 e. The summed E-state index contributed by atoms with van der Waals surface area (Å²) in [6, 6.07) is 4.66. The van der Waals surface area contributed by atoms with Gasteiger partial charge in [-0.2, -0.15) is 0 Å². The maximum atomic E-state index is 13.4. The first kappa shape index (κ1) is 26.2. The minimum absolute atomic E-state index is 0.0365. The van der Waals surface area contributed by atoms with Crippen LogP contribution in [0.15, 0.2) is 35.4 Å². The van der Waals surface area contributed by atoms with E-state index in [0.29, 0.717) is 4.90 Å². The van der Waals surface area contributed by atoms with Gasteiger partial charge in [-0.15, -0.1) is 0 Å². The largest absolute Gasteiger partial charge is 0.397 e. The fourth-order valence-electron chi connectivity index (χ4n) is 2.86. The van der Waals surface area contributed by atoms with Gasteiger partial charge >= 0.3 is 0 Å². The minimum atomic E-state index is -1.60. The van der Waals surface area contributed by atoms with E-state index in [0.717, 1.165) is 23.9 Å². The molecule has 1 aliphatic heterocycles. The lowest BCUT2D eigenvalue weighted by Crippen LogP contribution is -2.52. The molecule has 6 nitrogen and oxygen atoms in total. The molecular weight excluding hydrogens is 528 g/mol. The Bertz CT molecular complexity index is 1000. The SMILES string of the molecule is N/C(=C\NCC1OC(O)C(CO)OC1Sc1cc(Cl)c(Cl)c(Cl)c1)c1cc(F)c(F)c(F)c1. The highest BCUT2D eigenvalue weighted by atomic mass is 35.5. The summed E-state index contributed by atoms with van der Waals surface area (Å²) in [4.78, 5) is 0.591. The first-order valence-electron chi connectivity index (χ1n) is 9.35. The zero-order chi connectivity index (χ0) is 24.3. The Hall–Kier alpha value is -1.37. The van der Waals surface area contributed by atoms with Crippen LogP contribution in [0.1, 0.15) is 5.56 Å². The summed E-state index contributed by atoms with van der Waals surface area (Å²) in [5.74, 6) is -4.34. The molecule has 13 heteroatoms. The summed E-state index contributed by atoms with van der Waals surface area (Å²) in [6.45, 7) is -0.455. The fourth-order valence-corrected chi connectivity index (χ4v) is 4.74. The van der Waals surface area contributed by atoms with E-state index in [9.17, 15) is 23.4 Å². The summed E-state index contributed by atoms with van der Waals surface area (Å²) in [5, 5.41) is 23.0. The van der Waals surface area contributed by atoms with Gasteiger partial charge < -0.3 is 30.7 Å². The van der Waals surface area contributed by atoms with Gasteiger partial charge in [-0.05, 0) is 24.3 Å². The van der Waals surface area contributed by atoms with Gasteiger partial charge in [0, 0.05) is 23.2 Å². The molecule has 0 spiro atoms. The van der Waals surface area contributed by atoms with Crippen LogP contribution in [-0.2, 0) is 9.47 Å². The van der Waals surface area contributed by atoms with E-state index in [4.69, 9.17) is 50.0 Å². The molecule has 1 fully saturated rings. The van der Waals surface area contributed by atoms with Crippen LogP contribution in [0.3, 0.4) is 0 Å². The second-order valence-corrected chi connectivity index (χ2v) is 9.24. The fraction of sp³-hybridized carbons (Fsp3) is 0.300. The number of nitrogens with one attached hydrogen (secondary N) is 1. The quantitative estimate of drug-likeness (QED) is 0.389. The van der Waals surface area contributed by atoms with Crippen LogP contribution in [0.5, 0.6) is 0 Å². The van der Waals surface area contributed by atoms with Crippen molar-refractivity contribution in [2.24, 2.45) is 5.73 Å².